The van der Waals surface area contributed by atoms with Gasteiger partial charge < -0.3 is 20.4 Å². The molecule has 11 heteroatoms. The van der Waals surface area contributed by atoms with Crippen molar-refractivity contribution in [1.29, 1.82) is 0 Å². The molecule has 1 aromatic carbocycles. The molecule has 1 aliphatic heterocycles. The van der Waals surface area contributed by atoms with Crippen LogP contribution in [0, 0.1) is 13.8 Å². The molecule has 2 aromatic heterocycles. The van der Waals surface area contributed by atoms with Gasteiger partial charge in [-0.25, -0.2) is 4.98 Å². The van der Waals surface area contributed by atoms with Crippen molar-refractivity contribution in [1.82, 2.24) is 30.0 Å². The molecule has 1 aliphatic rings. The number of hydrogen-bond acceptors (Lipinski definition) is 7. The van der Waals surface area contributed by atoms with Gasteiger partial charge in [0.25, 0.3) is 0 Å². The average molecular weight is 517 g/mol. The molecule has 9 nitrogen and oxygen atoms in total. The van der Waals surface area contributed by atoms with Crippen molar-refractivity contribution in [2.75, 3.05) is 44.4 Å². The van der Waals surface area contributed by atoms with Crippen LogP contribution in [-0.4, -0.2) is 69.6 Å². The number of likely N-dealkylation sites (N-methyl/N-ethyl adjacent to an activating group) is 1. The quantitative estimate of drug-likeness (QED) is 0.411. The molecule has 4 rings (SSSR count). The SMILES string of the molecule is Cc1cc(Nc2nc(Nc3cc(Cl)c(C4CCN(C(=O)CN(C)C)CC4)cc3C)ncc2Cl)n[nH]1. The van der Waals surface area contributed by atoms with Gasteiger partial charge in [-0.1, -0.05) is 29.3 Å². The summed E-state index contributed by atoms with van der Waals surface area (Å²) in [5.74, 6) is 1.95. The maximum atomic E-state index is 12.4. The Bertz CT molecular complexity index is 1200. The number of aromatic amines is 1. The Morgan fingerprint density at radius 1 is 1.14 bits per heavy atom. The van der Waals surface area contributed by atoms with E-state index in [0.717, 1.165) is 48.4 Å². The van der Waals surface area contributed by atoms with Crippen molar-refractivity contribution < 1.29 is 4.79 Å². The van der Waals surface area contributed by atoms with Crippen LogP contribution in [0.5, 0.6) is 0 Å². The summed E-state index contributed by atoms with van der Waals surface area (Å²) >= 11 is 13.0. The minimum atomic E-state index is 0.175. The number of nitrogens with zero attached hydrogens (tertiary/aromatic N) is 5. The molecule has 0 unspecified atom stereocenters. The number of rotatable bonds is 7. The highest BCUT2D eigenvalue weighted by Crippen LogP contribution is 2.36. The van der Waals surface area contributed by atoms with Crippen LogP contribution in [0.3, 0.4) is 0 Å². The van der Waals surface area contributed by atoms with Crippen LogP contribution < -0.4 is 10.6 Å². The second kappa shape index (κ2) is 10.8. The van der Waals surface area contributed by atoms with Gasteiger partial charge in [0.15, 0.2) is 11.6 Å². The van der Waals surface area contributed by atoms with E-state index in [0.29, 0.717) is 40.1 Å². The topological polar surface area (TPSA) is 102 Å². The molecule has 0 radical (unpaired) electrons. The number of carbonyl (C=O) groups is 1. The van der Waals surface area contributed by atoms with Gasteiger partial charge in [-0.2, -0.15) is 10.1 Å². The van der Waals surface area contributed by atoms with Crippen molar-refractivity contribution in [2.24, 2.45) is 0 Å². The summed E-state index contributed by atoms with van der Waals surface area (Å²) in [5, 5.41) is 14.5. The second-order valence-corrected chi connectivity index (χ2v) is 9.97. The summed E-state index contributed by atoms with van der Waals surface area (Å²) in [4.78, 5) is 25.0. The number of nitrogens with one attached hydrogen (secondary N) is 3. The number of amides is 1. The maximum absolute atomic E-state index is 12.4. The van der Waals surface area contributed by atoms with Gasteiger partial charge in [-0.3, -0.25) is 9.89 Å². The minimum absolute atomic E-state index is 0.175. The van der Waals surface area contributed by atoms with Crippen LogP contribution in [0.4, 0.5) is 23.3 Å². The van der Waals surface area contributed by atoms with Gasteiger partial charge in [0.2, 0.25) is 11.9 Å². The van der Waals surface area contributed by atoms with E-state index in [2.05, 4.69) is 36.9 Å². The normalized spacial score (nSPS) is 14.4. The van der Waals surface area contributed by atoms with Crippen LogP contribution in [0.2, 0.25) is 10.0 Å². The van der Waals surface area contributed by atoms with Crippen molar-refractivity contribution in [3.8, 4) is 0 Å². The highest BCUT2D eigenvalue weighted by molar-refractivity contribution is 6.33. The molecule has 3 N–H and O–H groups in total. The van der Waals surface area contributed by atoms with Crippen LogP contribution in [0.15, 0.2) is 24.4 Å². The van der Waals surface area contributed by atoms with Crippen LogP contribution in [0.25, 0.3) is 0 Å². The molecule has 0 saturated carbocycles. The number of piperidine rings is 1. The number of hydrogen-bond donors (Lipinski definition) is 3. The first-order chi connectivity index (χ1) is 16.7. The van der Waals surface area contributed by atoms with Crippen molar-refractivity contribution in [3.63, 3.8) is 0 Å². The number of benzene rings is 1. The predicted octanol–water partition coefficient (Wildman–Crippen LogP) is 4.88. The number of aromatic nitrogens is 4. The molecule has 35 heavy (non-hydrogen) atoms. The Balaban J connectivity index is 1.45. The first kappa shape index (κ1) is 25.2. The lowest BCUT2D eigenvalue weighted by Gasteiger charge is -2.33. The van der Waals surface area contributed by atoms with E-state index in [-0.39, 0.29) is 5.91 Å². The molecule has 186 valence electrons. The smallest absolute Gasteiger partial charge is 0.236 e. The van der Waals surface area contributed by atoms with E-state index >= 15 is 0 Å². The molecule has 3 aromatic rings. The fourth-order valence-electron chi connectivity index (χ4n) is 4.20. The standard InChI is InChI=1S/C24H30Cl2N8O/c1-14-9-17(16-5-7-34(8-6-16)22(35)13-33(3)4)18(25)11-20(14)28-24-27-12-19(26)23(30-24)29-21-10-15(2)31-32-21/h9-12,16H,5-8,13H2,1-4H3,(H3,27,28,29,30,31,32). The van der Waals surface area contributed by atoms with Crippen LogP contribution in [-0.2, 0) is 4.79 Å². The molecule has 0 spiro atoms. The van der Waals surface area contributed by atoms with Gasteiger partial charge in [0.1, 0.15) is 5.02 Å². The summed E-state index contributed by atoms with van der Waals surface area (Å²) in [6, 6.07) is 5.89. The summed E-state index contributed by atoms with van der Waals surface area (Å²) < 4.78 is 0. The van der Waals surface area contributed by atoms with E-state index in [1.54, 1.807) is 0 Å². The lowest BCUT2D eigenvalue weighted by Crippen LogP contribution is -2.42. The number of anilines is 4. The number of carbonyl (C=O) groups excluding carboxylic acids is 1. The molecule has 1 amide bonds. The van der Waals surface area contributed by atoms with Crippen LogP contribution in [0.1, 0.15) is 35.6 Å². The van der Waals surface area contributed by atoms with Crippen LogP contribution >= 0.6 is 23.2 Å². The fraction of sp³-hybridized carbons (Fsp3) is 0.417. The number of likely N-dealkylation sites (tertiary alicyclic amines) is 1. The van der Waals surface area contributed by atoms with E-state index in [1.807, 2.05) is 49.9 Å². The van der Waals surface area contributed by atoms with Gasteiger partial charge in [-0.05, 0) is 63.9 Å². The summed E-state index contributed by atoms with van der Waals surface area (Å²) in [7, 11) is 3.82. The lowest BCUT2D eigenvalue weighted by atomic mass is 9.88. The Hall–Kier alpha value is -2.88. The Morgan fingerprint density at radius 3 is 2.54 bits per heavy atom. The average Bonchev–Trinajstić information content (AvgIpc) is 3.22. The molecule has 0 atom stereocenters. The monoisotopic (exact) mass is 516 g/mol. The highest BCUT2D eigenvalue weighted by Gasteiger charge is 2.26. The largest absolute Gasteiger partial charge is 0.342 e. The lowest BCUT2D eigenvalue weighted by molar-refractivity contribution is -0.132. The third-order valence-corrected chi connectivity index (χ3v) is 6.63. The predicted molar refractivity (Wildman–Crippen MR) is 140 cm³/mol. The summed E-state index contributed by atoms with van der Waals surface area (Å²) in [5.41, 5.74) is 3.89. The van der Waals surface area contributed by atoms with Crippen molar-refractivity contribution in [2.45, 2.75) is 32.6 Å². The number of H-pyrrole nitrogens is 1. The molecule has 0 aliphatic carbocycles. The third kappa shape index (κ3) is 6.22. The zero-order valence-electron chi connectivity index (χ0n) is 20.3. The van der Waals surface area contributed by atoms with Gasteiger partial charge in [0, 0.05) is 35.6 Å². The summed E-state index contributed by atoms with van der Waals surface area (Å²) in [6.07, 6.45) is 3.33. The van der Waals surface area contributed by atoms with E-state index in [9.17, 15) is 4.79 Å². The zero-order valence-corrected chi connectivity index (χ0v) is 21.8. The Kier molecular flexibility index (Phi) is 7.78. The van der Waals surface area contributed by atoms with Crippen molar-refractivity contribution >= 4 is 52.4 Å². The Labute approximate surface area is 215 Å². The Morgan fingerprint density at radius 2 is 1.89 bits per heavy atom. The van der Waals surface area contributed by atoms with Gasteiger partial charge in [-0.15, -0.1) is 0 Å². The van der Waals surface area contributed by atoms with Gasteiger partial charge in [0.05, 0.1) is 12.7 Å². The molecular weight excluding hydrogens is 487 g/mol. The summed E-state index contributed by atoms with van der Waals surface area (Å²) in [6.45, 7) is 5.87. The second-order valence-electron chi connectivity index (χ2n) is 9.16. The fourth-order valence-corrected chi connectivity index (χ4v) is 4.66. The molecule has 3 heterocycles. The zero-order chi connectivity index (χ0) is 25.1. The first-order valence-corrected chi connectivity index (χ1v) is 12.3. The van der Waals surface area contributed by atoms with Gasteiger partial charge >= 0.3 is 0 Å². The molecule has 1 fully saturated rings. The third-order valence-electron chi connectivity index (χ3n) is 6.03. The first-order valence-electron chi connectivity index (χ1n) is 11.5. The number of aryl methyl sites for hydroxylation is 2. The highest BCUT2D eigenvalue weighted by atomic mass is 35.5. The molecule has 0 bridgehead atoms. The van der Waals surface area contributed by atoms with E-state index in [4.69, 9.17) is 23.2 Å². The molecule has 1 saturated heterocycles. The van der Waals surface area contributed by atoms with Crippen molar-refractivity contribution in [3.05, 3.63) is 51.3 Å². The molecular formula is C24H30Cl2N8O. The maximum Gasteiger partial charge on any atom is 0.236 e. The number of halogens is 2. The van der Waals surface area contributed by atoms with E-state index in [1.165, 1.54) is 6.20 Å². The van der Waals surface area contributed by atoms with E-state index < -0.39 is 0 Å². The minimum Gasteiger partial charge on any atom is -0.342 e.